The zero-order chi connectivity index (χ0) is 21.4. The van der Waals surface area contributed by atoms with Crippen LogP contribution in [0.2, 0.25) is 0 Å². The minimum atomic E-state index is -0.227. The summed E-state index contributed by atoms with van der Waals surface area (Å²) in [4.78, 5) is 36.0. The third kappa shape index (κ3) is 3.79. The Bertz CT molecular complexity index is 1310. The first kappa shape index (κ1) is 20.0. The lowest BCUT2D eigenvalue weighted by molar-refractivity contribution is -0.117. The number of rotatable bonds is 5. The van der Waals surface area contributed by atoms with Crippen LogP contribution in [0.1, 0.15) is 18.3 Å². The average molecular weight is 448 g/mol. The van der Waals surface area contributed by atoms with Crippen molar-refractivity contribution in [3.05, 3.63) is 81.7 Å². The first-order valence-electron chi connectivity index (χ1n) is 10.2. The maximum Gasteiger partial charge on any atom is 0.260 e. The molecule has 2 aromatic heterocycles. The van der Waals surface area contributed by atoms with Crippen LogP contribution >= 0.6 is 23.1 Å². The van der Waals surface area contributed by atoms with Crippen molar-refractivity contribution in [1.29, 1.82) is 0 Å². The van der Waals surface area contributed by atoms with Crippen LogP contribution in [-0.4, -0.2) is 27.7 Å². The Hall–Kier alpha value is -2.90. The van der Waals surface area contributed by atoms with Gasteiger partial charge in [0.25, 0.3) is 5.56 Å². The maximum atomic E-state index is 13.0. The Morgan fingerprint density at radius 2 is 1.97 bits per heavy atom. The molecular weight excluding hydrogens is 426 g/mol. The number of amides is 1. The predicted molar refractivity (Wildman–Crippen MR) is 129 cm³/mol. The van der Waals surface area contributed by atoms with Crippen LogP contribution in [0.4, 0.5) is 5.69 Å². The molecule has 156 valence electrons. The van der Waals surface area contributed by atoms with Gasteiger partial charge in [0, 0.05) is 23.2 Å². The summed E-state index contributed by atoms with van der Waals surface area (Å²) >= 11 is 2.98. The fraction of sp³-hybridized carbons (Fsp3) is 0.208. The number of fused-ring (bicyclic) bond motifs is 2. The number of nitrogens with zero attached hydrogens (tertiary/aromatic N) is 2. The molecule has 0 radical (unpaired) electrons. The van der Waals surface area contributed by atoms with Crippen LogP contribution in [0, 0.1) is 0 Å². The number of carbonyl (C=O) groups is 1. The fourth-order valence-electron chi connectivity index (χ4n) is 3.95. The van der Waals surface area contributed by atoms with Crippen molar-refractivity contribution in [1.82, 2.24) is 9.97 Å². The third-order valence-corrected chi connectivity index (χ3v) is 7.56. The second kappa shape index (κ2) is 8.32. The molecule has 5 rings (SSSR count). The number of H-pyrrole nitrogens is 1. The number of aromatic amines is 1. The van der Waals surface area contributed by atoms with E-state index in [2.05, 4.69) is 16.0 Å². The van der Waals surface area contributed by atoms with Crippen molar-refractivity contribution >= 4 is 44.9 Å². The number of anilines is 1. The zero-order valence-electron chi connectivity index (χ0n) is 17.0. The van der Waals surface area contributed by atoms with Gasteiger partial charge in [0.2, 0.25) is 5.91 Å². The molecule has 3 heterocycles. The van der Waals surface area contributed by atoms with Gasteiger partial charge in [0.05, 0.1) is 16.4 Å². The molecule has 1 unspecified atom stereocenters. The maximum absolute atomic E-state index is 13.0. The first-order valence-corrected chi connectivity index (χ1v) is 12.1. The number of thioether (sulfide) groups is 1. The molecule has 1 N–H and O–H groups in total. The summed E-state index contributed by atoms with van der Waals surface area (Å²) < 4.78 is 0. The summed E-state index contributed by atoms with van der Waals surface area (Å²) in [5.74, 6) is 1.18. The molecule has 1 aliphatic rings. The second-order valence-corrected chi connectivity index (χ2v) is 9.72. The summed E-state index contributed by atoms with van der Waals surface area (Å²) in [6.45, 7) is 2.64. The number of nitrogens with one attached hydrogen (secondary N) is 1. The van der Waals surface area contributed by atoms with E-state index in [9.17, 15) is 9.59 Å². The van der Waals surface area contributed by atoms with E-state index >= 15 is 0 Å². The van der Waals surface area contributed by atoms with E-state index < -0.39 is 0 Å². The summed E-state index contributed by atoms with van der Waals surface area (Å²) in [6.07, 6.45) is 0.896. The van der Waals surface area contributed by atoms with E-state index in [1.165, 1.54) is 28.7 Å². The number of para-hydroxylation sites is 1. The fourth-order valence-corrected chi connectivity index (χ4v) is 5.74. The minimum absolute atomic E-state index is 0.0980. The highest BCUT2D eigenvalue weighted by Gasteiger charge is 2.28. The lowest BCUT2D eigenvalue weighted by Gasteiger charge is -2.21. The van der Waals surface area contributed by atoms with E-state index in [1.807, 2.05) is 65.7 Å². The van der Waals surface area contributed by atoms with Gasteiger partial charge in [-0.2, -0.15) is 0 Å². The molecule has 0 fully saturated rings. The van der Waals surface area contributed by atoms with Gasteiger partial charge in [0.1, 0.15) is 10.7 Å². The summed E-state index contributed by atoms with van der Waals surface area (Å²) in [5, 5.41) is 2.38. The van der Waals surface area contributed by atoms with Crippen LogP contribution in [0.25, 0.3) is 21.3 Å². The topological polar surface area (TPSA) is 66.1 Å². The van der Waals surface area contributed by atoms with Gasteiger partial charge in [-0.3, -0.25) is 9.59 Å². The highest BCUT2D eigenvalue weighted by Crippen LogP contribution is 2.32. The van der Waals surface area contributed by atoms with Crippen LogP contribution in [0.15, 0.2) is 64.8 Å². The van der Waals surface area contributed by atoms with Crippen molar-refractivity contribution in [3.8, 4) is 11.1 Å². The molecule has 7 heteroatoms. The van der Waals surface area contributed by atoms with Crippen LogP contribution in [0.5, 0.6) is 0 Å². The van der Waals surface area contributed by atoms with Crippen LogP contribution < -0.4 is 10.5 Å². The molecule has 1 amide bonds. The van der Waals surface area contributed by atoms with E-state index in [1.54, 1.807) is 0 Å². The van der Waals surface area contributed by atoms with E-state index in [4.69, 9.17) is 0 Å². The van der Waals surface area contributed by atoms with Crippen LogP contribution in [-0.2, 0) is 17.0 Å². The molecule has 0 aliphatic carbocycles. The van der Waals surface area contributed by atoms with Crippen molar-refractivity contribution < 1.29 is 4.79 Å². The highest BCUT2D eigenvalue weighted by molar-refractivity contribution is 7.99. The quantitative estimate of drug-likeness (QED) is 0.474. The zero-order valence-corrected chi connectivity index (χ0v) is 18.6. The van der Waals surface area contributed by atoms with Gasteiger partial charge in [-0.15, -0.1) is 23.1 Å². The van der Waals surface area contributed by atoms with Gasteiger partial charge in [0.15, 0.2) is 0 Å². The SMILES string of the molecule is CC(SCc1nc2scc(-c3ccccc3)c2c(=O)[nH]1)C(=O)N1CCc2ccccc21. The standard InChI is InChI=1S/C24H21N3O2S2/c1-15(24(29)27-12-11-17-9-5-6-10-19(17)27)30-14-20-25-22(28)21-18(13-31-23(21)26-20)16-7-3-2-4-8-16/h2-10,13,15H,11-12,14H2,1H3,(H,25,26,28). The Balaban J connectivity index is 1.32. The molecule has 0 saturated carbocycles. The van der Waals surface area contributed by atoms with E-state index in [-0.39, 0.29) is 16.7 Å². The molecular formula is C24H21N3O2S2. The summed E-state index contributed by atoms with van der Waals surface area (Å²) in [6, 6.07) is 17.9. The van der Waals surface area contributed by atoms with Crippen LogP contribution in [0.3, 0.4) is 0 Å². The van der Waals surface area contributed by atoms with Crippen molar-refractivity contribution in [2.24, 2.45) is 0 Å². The molecule has 0 bridgehead atoms. The monoisotopic (exact) mass is 447 g/mol. The molecule has 4 aromatic rings. The Morgan fingerprint density at radius 1 is 1.19 bits per heavy atom. The van der Waals surface area contributed by atoms with Gasteiger partial charge in [-0.25, -0.2) is 4.98 Å². The lowest BCUT2D eigenvalue weighted by Crippen LogP contribution is -2.35. The average Bonchev–Trinajstić information content (AvgIpc) is 3.42. The lowest BCUT2D eigenvalue weighted by atomic mass is 10.1. The molecule has 2 aromatic carbocycles. The van der Waals surface area contributed by atoms with E-state index in [0.29, 0.717) is 17.0 Å². The van der Waals surface area contributed by atoms with E-state index in [0.717, 1.165) is 34.6 Å². The molecule has 1 atom stereocenters. The summed E-state index contributed by atoms with van der Waals surface area (Å²) in [5.41, 5.74) is 4.02. The predicted octanol–water partition coefficient (Wildman–Crippen LogP) is 4.86. The third-order valence-electron chi connectivity index (χ3n) is 5.55. The van der Waals surface area contributed by atoms with Crippen molar-refractivity contribution in [2.75, 3.05) is 11.4 Å². The number of hydrogen-bond donors (Lipinski definition) is 1. The Labute approximate surface area is 188 Å². The number of benzene rings is 2. The first-order chi connectivity index (χ1) is 15.1. The van der Waals surface area contributed by atoms with Gasteiger partial charge >= 0.3 is 0 Å². The Morgan fingerprint density at radius 3 is 2.81 bits per heavy atom. The second-order valence-electron chi connectivity index (χ2n) is 7.53. The molecule has 0 spiro atoms. The van der Waals surface area contributed by atoms with Gasteiger partial charge in [-0.1, -0.05) is 48.5 Å². The van der Waals surface area contributed by atoms with Crippen molar-refractivity contribution in [2.45, 2.75) is 24.3 Å². The normalized spacial score (nSPS) is 14.0. The van der Waals surface area contributed by atoms with Gasteiger partial charge in [-0.05, 0) is 30.5 Å². The highest BCUT2D eigenvalue weighted by atomic mass is 32.2. The number of hydrogen-bond acceptors (Lipinski definition) is 5. The largest absolute Gasteiger partial charge is 0.311 e. The molecule has 1 aliphatic heterocycles. The van der Waals surface area contributed by atoms with Crippen molar-refractivity contribution in [3.63, 3.8) is 0 Å². The minimum Gasteiger partial charge on any atom is -0.311 e. The van der Waals surface area contributed by atoms with Gasteiger partial charge < -0.3 is 9.88 Å². The number of thiophene rings is 1. The Kier molecular flexibility index (Phi) is 5.38. The summed E-state index contributed by atoms with van der Waals surface area (Å²) in [7, 11) is 0. The molecule has 0 saturated heterocycles. The molecule has 5 nitrogen and oxygen atoms in total. The molecule has 31 heavy (non-hydrogen) atoms. The number of carbonyl (C=O) groups excluding carboxylic acids is 1. The number of aromatic nitrogens is 2. The smallest absolute Gasteiger partial charge is 0.260 e.